The first-order chi connectivity index (χ1) is 8.20. The summed E-state index contributed by atoms with van der Waals surface area (Å²) in [6.45, 7) is 3.24. The van der Waals surface area contributed by atoms with E-state index < -0.39 is 0 Å². The number of rotatable bonds is 5. The number of anilines is 1. The Morgan fingerprint density at radius 1 is 1.53 bits per heavy atom. The molecule has 0 heterocycles. The number of benzene rings is 1. The highest BCUT2D eigenvalue weighted by Crippen LogP contribution is 2.28. The Morgan fingerprint density at radius 2 is 2.29 bits per heavy atom. The summed E-state index contributed by atoms with van der Waals surface area (Å²) in [7, 11) is 0. The molecule has 1 aromatic rings. The lowest BCUT2D eigenvalue weighted by atomic mass is 10.1. The summed E-state index contributed by atoms with van der Waals surface area (Å²) < 4.78 is 5.32. The van der Waals surface area contributed by atoms with Crippen molar-refractivity contribution in [2.45, 2.75) is 19.8 Å². The van der Waals surface area contributed by atoms with Crippen LogP contribution in [-0.2, 0) is 0 Å². The average molecular weight is 234 g/mol. The van der Waals surface area contributed by atoms with Gasteiger partial charge in [0.1, 0.15) is 5.75 Å². The van der Waals surface area contributed by atoms with Crippen molar-refractivity contribution in [3.05, 3.63) is 23.8 Å². The van der Waals surface area contributed by atoms with E-state index in [0.29, 0.717) is 29.5 Å². The smallest absolute Gasteiger partial charge is 0.251 e. The maximum atomic E-state index is 11.8. The summed E-state index contributed by atoms with van der Waals surface area (Å²) in [5.41, 5.74) is 6.90. The van der Waals surface area contributed by atoms with E-state index in [4.69, 9.17) is 10.5 Å². The molecule has 0 saturated heterocycles. The molecule has 4 heteroatoms. The number of hydrogen-bond acceptors (Lipinski definition) is 3. The molecule has 2 rings (SSSR count). The highest BCUT2D eigenvalue weighted by Gasteiger charge is 2.21. The molecule has 1 saturated carbocycles. The van der Waals surface area contributed by atoms with Crippen molar-refractivity contribution >= 4 is 11.6 Å². The van der Waals surface area contributed by atoms with Crippen LogP contribution in [0.25, 0.3) is 0 Å². The molecule has 4 nitrogen and oxygen atoms in total. The fourth-order valence-electron chi connectivity index (χ4n) is 1.64. The maximum Gasteiger partial charge on any atom is 0.251 e. The monoisotopic (exact) mass is 234 g/mol. The standard InChI is InChI=1S/C13H18N2O2/c1-2-17-12-6-5-10(7-11(12)14)13(16)15-8-9-3-4-9/h5-7,9H,2-4,8,14H2,1H3,(H,15,16). The van der Waals surface area contributed by atoms with Gasteiger partial charge in [0, 0.05) is 12.1 Å². The Labute approximate surface area is 101 Å². The molecule has 0 radical (unpaired) electrons. The van der Waals surface area contributed by atoms with Crippen molar-refractivity contribution in [2.75, 3.05) is 18.9 Å². The molecule has 92 valence electrons. The predicted molar refractivity (Wildman–Crippen MR) is 67.1 cm³/mol. The van der Waals surface area contributed by atoms with E-state index >= 15 is 0 Å². The summed E-state index contributed by atoms with van der Waals surface area (Å²) in [5.74, 6) is 1.25. The van der Waals surface area contributed by atoms with Gasteiger partial charge in [0.2, 0.25) is 0 Å². The van der Waals surface area contributed by atoms with Crippen LogP contribution >= 0.6 is 0 Å². The molecule has 1 amide bonds. The third-order valence-corrected chi connectivity index (χ3v) is 2.82. The molecule has 0 bridgehead atoms. The lowest BCUT2D eigenvalue weighted by Crippen LogP contribution is -2.25. The molecular weight excluding hydrogens is 216 g/mol. The minimum absolute atomic E-state index is 0.0633. The zero-order valence-corrected chi connectivity index (χ0v) is 10.0. The molecule has 3 N–H and O–H groups in total. The number of amides is 1. The largest absolute Gasteiger partial charge is 0.492 e. The van der Waals surface area contributed by atoms with Crippen LogP contribution < -0.4 is 15.8 Å². The fourth-order valence-corrected chi connectivity index (χ4v) is 1.64. The van der Waals surface area contributed by atoms with Gasteiger partial charge in [-0.25, -0.2) is 0 Å². The quantitative estimate of drug-likeness (QED) is 0.764. The van der Waals surface area contributed by atoms with Gasteiger partial charge in [0.15, 0.2) is 0 Å². The zero-order valence-electron chi connectivity index (χ0n) is 10.0. The second-order valence-electron chi connectivity index (χ2n) is 4.34. The maximum absolute atomic E-state index is 11.8. The molecular formula is C13H18N2O2. The van der Waals surface area contributed by atoms with Crippen LogP contribution in [0.2, 0.25) is 0 Å². The fraction of sp³-hybridized carbons (Fsp3) is 0.462. The van der Waals surface area contributed by atoms with Crippen molar-refractivity contribution in [3.63, 3.8) is 0 Å². The van der Waals surface area contributed by atoms with E-state index in [0.717, 1.165) is 6.54 Å². The number of nitrogen functional groups attached to an aromatic ring is 1. The molecule has 1 fully saturated rings. The lowest BCUT2D eigenvalue weighted by Gasteiger charge is -2.09. The van der Waals surface area contributed by atoms with Crippen LogP contribution in [0.1, 0.15) is 30.1 Å². The topological polar surface area (TPSA) is 64.3 Å². The summed E-state index contributed by atoms with van der Waals surface area (Å²) in [4.78, 5) is 11.8. The van der Waals surface area contributed by atoms with Crippen LogP contribution in [-0.4, -0.2) is 19.1 Å². The van der Waals surface area contributed by atoms with E-state index in [1.165, 1.54) is 12.8 Å². The molecule has 1 aliphatic rings. The highest BCUT2D eigenvalue weighted by atomic mass is 16.5. The van der Waals surface area contributed by atoms with E-state index in [2.05, 4.69) is 5.32 Å². The van der Waals surface area contributed by atoms with E-state index in [1.54, 1.807) is 18.2 Å². The number of nitrogens with one attached hydrogen (secondary N) is 1. The van der Waals surface area contributed by atoms with Gasteiger partial charge in [0.05, 0.1) is 12.3 Å². The van der Waals surface area contributed by atoms with Crippen LogP contribution in [0, 0.1) is 5.92 Å². The molecule has 0 aromatic heterocycles. The van der Waals surface area contributed by atoms with Crippen molar-refractivity contribution in [3.8, 4) is 5.75 Å². The Hall–Kier alpha value is -1.71. The Bertz CT molecular complexity index is 414. The van der Waals surface area contributed by atoms with E-state index in [-0.39, 0.29) is 5.91 Å². The summed E-state index contributed by atoms with van der Waals surface area (Å²) in [5, 5.41) is 2.90. The number of ether oxygens (including phenoxy) is 1. The van der Waals surface area contributed by atoms with Gasteiger partial charge in [-0.1, -0.05) is 0 Å². The first kappa shape index (κ1) is 11.8. The van der Waals surface area contributed by atoms with Crippen molar-refractivity contribution in [1.82, 2.24) is 5.32 Å². The van der Waals surface area contributed by atoms with Gasteiger partial charge in [-0.15, -0.1) is 0 Å². The highest BCUT2D eigenvalue weighted by molar-refractivity contribution is 5.95. The normalized spacial score (nSPS) is 14.4. The number of carbonyl (C=O) groups is 1. The van der Waals surface area contributed by atoms with Gasteiger partial charge in [-0.3, -0.25) is 4.79 Å². The van der Waals surface area contributed by atoms with E-state index in [9.17, 15) is 4.79 Å². The first-order valence-electron chi connectivity index (χ1n) is 6.01. The lowest BCUT2D eigenvalue weighted by molar-refractivity contribution is 0.0952. The van der Waals surface area contributed by atoms with Crippen molar-refractivity contribution in [2.24, 2.45) is 5.92 Å². The zero-order chi connectivity index (χ0) is 12.3. The Kier molecular flexibility index (Phi) is 3.52. The van der Waals surface area contributed by atoms with Crippen LogP contribution in [0.4, 0.5) is 5.69 Å². The van der Waals surface area contributed by atoms with Gasteiger partial charge in [-0.2, -0.15) is 0 Å². The molecule has 17 heavy (non-hydrogen) atoms. The Balaban J connectivity index is 1.99. The third-order valence-electron chi connectivity index (χ3n) is 2.82. The van der Waals surface area contributed by atoms with Crippen LogP contribution in [0.3, 0.4) is 0 Å². The second-order valence-corrected chi connectivity index (χ2v) is 4.34. The Morgan fingerprint density at radius 3 is 2.88 bits per heavy atom. The van der Waals surface area contributed by atoms with Gasteiger partial charge in [-0.05, 0) is 43.9 Å². The molecule has 1 aromatic carbocycles. The van der Waals surface area contributed by atoms with E-state index in [1.807, 2.05) is 6.92 Å². The number of hydrogen-bond donors (Lipinski definition) is 2. The summed E-state index contributed by atoms with van der Waals surface area (Å²) in [6, 6.07) is 5.14. The summed E-state index contributed by atoms with van der Waals surface area (Å²) in [6.07, 6.45) is 2.46. The van der Waals surface area contributed by atoms with Gasteiger partial charge in [0.25, 0.3) is 5.91 Å². The van der Waals surface area contributed by atoms with Crippen LogP contribution in [0.15, 0.2) is 18.2 Å². The predicted octanol–water partition coefficient (Wildman–Crippen LogP) is 1.81. The third kappa shape index (κ3) is 3.12. The minimum atomic E-state index is -0.0633. The van der Waals surface area contributed by atoms with Gasteiger partial charge >= 0.3 is 0 Å². The minimum Gasteiger partial charge on any atom is -0.492 e. The molecule has 0 spiro atoms. The average Bonchev–Trinajstić information content (AvgIpc) is 3.13. The van der Waals surface area contributed by atoms with Crippen LogP contribution in [0.5, 0.6) is 5.75 Å². The molecule has 0 atom stereocenters. The molecule has 1 aliphatic carbocycles. The first-order valence-corrected chi connectivity index (χ1v) is 6.01. The second kappa shape index (κ2) is 5.08. The molecule has 0 unspecified atom stereocenters. The summed E-state index contributed by atoms with van der Waals surface area (Å²) >= 11 is 0. The van der Waals surface area contributed by atoms with Crippen molar-refractivity contribution in [1.29, 1.82) is 0 Å². The van der Waals surface area contributed by atoms with Crippen molar-refractivity contribution < 1.29 is 9.53 Å². The SMILES string of the molecule is CCOc1ccc(C(=O)NCC2CC2)cc1N. The number of carbonyl (C=O) groups excluding carboxylic acids is 1. The van der Waals surface area contributed by atoms with Gasteiger partial charge < -0.3 is 15.8 Å². The molecule has 0 aliphatic heterocycles. The number of nitrogens with two attached hydrogens (primary N) is 1.